The lowest BCUT2D eigenvalue weighted by Gasteiger charge is -2.30. The summed E-state index contributed by atoms with van der Waals surface area (Å²) < 4.78 is 0. The number of amides is 1. The largest absolute Gasteiger partial charge is 0.353 e. The van der Waals surface area contributed by atoms with Crippen molar-refractivity contribution >= 4 is 5.91 Å². The van der Waals surface area contributed by atoms with Gasteiger partial charge < -0.3 is 10.6 Å². The minimum atomic E-state index is 0.204. The number of aryl methyl sites for hydroxylation is 1. The van der Waals surface area contributed by atoms with Crippen molar-refractivity contribution in [2.24, 2.45) is 5.92 Å². The van der Waals surface area contributed by atoms with E-state index in [1.165, 1.54) is 27.8 Å². The van der Waals surface area contributed by atoms with Crippen LogP contribution in [0.4, 0.5) is 0 Å². The van der Waals surface area contributed by atoms with Gasteiger partial charge in [0.2, 0.25) is 5.91 Å². The van der Waals surface area contributed by atoms with Crippen LogP contribution in [0.5, 0.6) is 0 Å². The molecule has 1 amide bonds. The van der Waals surface area contributed by atoms with Crippen molar-refractivity contribution in [3.8, 4) is 11.1 Å². The Kier molecular flexibility index (Phi) is 5.07. The molecule has 3 heteroatoms. The zero-order valence-electron chi connectivity index (χ0n) is 15.6. The third-order valence-corrected chi connectivity index (χ3v) is 5.86. The Morgan fingerprint density at radius 2 is 2.00 bits per heavy atom. The first-order valence-corrected chi connectivity index (χ1v) is 9.91. The fourth-order valence-electron chi connectivity index (χ4n) is 4.29. The van der Waals surface area contributed by atoms with Crippen molar-refractivity contribution in [2.45, 2.75) is 45.1 Å². The zero-order valence-corrected chi connectivity index (χ0v) is 15.6. The van der Waals surface area contributed by atoms with Crippen LogP contribution in [0.15, 0.2) is 42.5 Å². The van der Waals surface area contributed by atoms with Gasteiger partial charge in [-0.1, -0.05) is 49.4 Å². The van der Waals surface area contributed by atoms with Gasteiger partial charge >= 0.3 is 0 Å². The maximum Gasteiger partial charge on any atom is 0.220 e. The molecule has 0 radical (unpaired) electrons. The van der Waals surface area contributed by atoms with Gasteiger partial charge in [-0.3, -0.25) is 4.79 Å². The normalized spacial score (nSPS) is 21.1. The first-order valence-electron chi connectivity index (χ1n) is 9.91. The highest BCUT2D eigenvalue weighted by molar-refractivity contribution is 5.77. The van der Waals surface area contributed by atoms with Crippen LogP contribution in [0.25, 0.3) is 11.1 Å². The Morgan fingerprint density at radius 3 is 2.88 bits per heavy atom. The van der Waals surface area contributed by atoms with Gasteiger partial charge in [0.15, 0.2) is 0 Å². The predicted octanol–water partition coefficient (Wildman–Crippen LogP) is 3.69. The smallest absolute Gasteiger partial charge is 0.220 e. The van der Waals surface area contributed by atoms with Gasteiger partial charge in [-0.05, 0) is 72.5 Å². The summed E-state index contributed by atoms with van der Waals surface area (Å²) in [6.45, 7) is 4.22. The van der Waals surface area contributed by atoms with Crippen molar-refractivity contribution in [3.63, 3.8) is 0 Å². The van der Waals surface area contributed by atoms with Gasteiger partial charge in [-0.15, -0.1) is 0 Å². The zero-order chi connectivity index (χ0) is 17.9. The summed E-state index contributed by atoms with van der Waals surface area (Å²) in [6, 6.07) is 15.8. The molecule has 0 aromatic heterocycles. The predicted molar refractivity (Wildman–Crippen MR) is 106 cm³/mol. The highest BCUT2D eigenvalue weighted by atomic mass is 16.1. The Bertz CT molecular complexity index is 799. The second-order valence-electron chi connectivity index (χ2n) is 7.82. The summed E-state index contributed by atoms with van der Waals surface area (Å²) in [4.78, 5) is 12.3. The first-order chi connectivity index (χ1) is 12.7. The molecule has 1 heterocycles. The lowest BCUT2D eigenvalue weighted by atomic mass is 9.95. The van der Waals surface area contributed by atoms with Crippen molar-refractivity contribution < 1.29 is 4.79 Å². The summed E-state index contributed by atoms with van der Waals surface area (Å²) in [5, 5.41) is 6.61. The third-order valence-electron chi connectivity index (χ3n) is 5.86. The maximum absolute atomic E-state index is 12.3. The maximum atomic E-state index is 12.3. The molecule has 1 aliphatic carbocycles. The van der Waals surface area contributed by atoms with Crippen molar-refractivity contribution in [2.75, 3.05) is 13.1 Å². The third kappa shape index (κ3) is 3.68. The number of hydrogen-bond donors (Lipinski definition) is 2. The van der Waals surface area contributed by atoms with E-state index in [0.29, 0.717) is 18.4 Å². The number of hydrogen-bond acceptors (Lipinski definition) is 2. The average Bonchev–Trinajstić information content (AvgIpc) is 3.02. The topological polar surface area (TPSA) is 41.1 Å². The van der Waals surface area contributed by atoms with Gasteiger partial charge in [-0.25, -0.2) is 0 Å². The van der Waals surface area contributed by atoms with E-state index in [1.807, 2.05) is 0 Å². The molecule has 3 nitrogen and oxygen atoms in total. The van der Waals surface area contributed by atoms with Gasteiger partial charge in [0.05, 0.1) is 0 Å². The lowest BCUT2D eigenvalue weighted by molar-refractivity contribution is -0.122. The van der Waals surface area contributed by atoms with Crippen LogP contribution in [0.1, 0.15) is 42.9 Å². The van der Waals surface area contributed by atoms with Crippen LogP contribution < -0.4 is 10.6 Å². The molecule has 2 N–H and O–H groups in total. The highest BCUT2D eigenvalue weighted by Gasteiger charge is 2.22. The number of rotatable bonds is 5. The van der Waals surface area contributed by atoms with E-state index in [2.05, 4.69) is 60.0 Å². The van der Waals surface area contributed by atoms with Crippen LogP contribution in [-0.4, -0.2) is 25.0 Å². The minimum Gasteiger partial charge on any atom is -0.353 e. The SMILES string of the molecule is CC1CNCCC1NC(=O)CCCc1ccc2c(c1)-c1ccccc1C2. The lowest BCUT2D eigenvalue weighted by Crippen LogP contribution is -2.48. The molecular weight excluding hydrogens is 320 g/mol. The van der Waals surface area contributed by atoms with Crippen LogP contribution in [0, 0.1) is 5.92 Å². The summed E-state index contributed by atoms with van der Waals surface area (Å²) in [7, 11) is 0. The van der Waals surface area contributed by atoms with Crippen molar-refractivity contribution in [1.82, 2.24) is 10.6 Å². The van der Waals surface area contributed by atoms with Gasteiger partial charge in [0.25, 0.3) is 0 Å². The molecular formula is C23H28N2O. The molecule has 2 aromatic carbocycles. The van der Waals surface area contributed by atoms with E-state index in [0.717, 1.165) is 38.8 Å². The number of carbonyl (C=O) groups is 1. The fraction of sp³-hybridized carbons (Fsp3) is 0.435. The van der Waals surface area contributed by atoms with Crippen LogP contribution >= 0.6 is 0 Å². The summed E-state index contributed by atoms with van der Waals surface area (Å²) in [5.41, 5.74) is 6.94. The summed E-state index contributed by atoms with van der Waals surface area (Å²) >= 11 is 0. The second-order valence-corrected chi connectivity index (χ2v) is 7.82. The molecule has 2 atom stereocenters. The quantitative estimate of drug-likeness (QED) is 0.738. The molecule has 136 valence electrons. The molecule has 1 saturated heterocycles. The standard InChI is InChI=1S/C23H28N2O/c1-16-15-24-12-11-22(16)25-23(26)8-4-5-17-9-10-19-14-18-6-2-3-7-20(18)21(19)13-17/h2-3,6-7,9-10,13,16,22,24H,4-5,8,11-12,14-15H2,1H3,(H,25,26). The number of nitrogens with one attached hydrogen (secondary N) is 2. The van der Waals surface area contributed by atoms with E-state index in [4.69, 9.17) is 0 Å². The molecule has 2 unspecified atom stereocenters. The van der Waals surface area contributed by atoms with Gasteiger partial charge in [0.1, 0.15) is 0 Å². The summed E-state index contributed by atoms with van der Waals surface area (Å²) in [5.74, 6) is 0.722. The average molecular weight is 348 g/mol. The molecule has 1 aliphatic heterocycles. The summed E-state index contributed by atoms with van der Waals surface area (Å²) in [6.07, 6.45) is 4.57. The molecule has 4 rings (SSSR count). The first kappa shape index (κ1) is 17.3. The van der Waals surface area contributed by atoms with E-state index < -0.39 is 0 Å². The van der Waals surface area contributed by atoms with Gasteiger partial charge in [0, 0.05) is 12.5 Å². The van der Waals surface area contributed by atoms with Crippen LogP contribution in [-0.2, 0) is 17.6 Å². The highest BCUT2D eigenvalue weighted by Crippen LogP contribution is 2.36. The van der Waals surface area contributed by atoms with E-state index in [1.54, 1.807) is 0 Å². The number of piperidine rings is 1. The fourth-order valence-corrected chi connectivity index (χ4v) is 4.29. The monoisotopic (exact) mass is 348 g/mol. The van der Waals surface area contributed by atoms with E-state index >= 15 is 0 Å². The molecule has 1 fully saturated rings. The Balaban J connectivity index is 1.31. The molecule has 0 saturated carbocycles. The van der Waals surface area contributed by atoms with Crippen molar-refractivity contribution in [1.29, 1.82) is 0 Å². The Morgan fingerprint density at radius 1 is 1.15 bits per heavy atom. The number of carbonyl (C=O) groups excluding carboxylic acids is 1. The molecule has 2 aromatic rings. The van der Waals surface area contributed by atoms with E-state index in [-0.39, 0.29) is 5.91 Å². The molecule has 0 spiro atoms. The Labute approximate surface area is 156 Å². The van der Waals surface area contributed by atoms with E-state index in [9.17, 15) is 4.79 Å². The van der Waals surface area contributed by atoms with Crippen molar-refractivity contribution in [3.05, 3.63) is 59.2 Å². The number of benzene rings is 2. The van der Waals surface area contributed by atoms with Crippen LogP contribution in [0.2, 0.25) is 0 Å². The minimum absolute atomic E-state index is 0.204. The molecule has 26 heavy (non-hydrogen) atoms. The van der Waals surface area contributed by atoms with Gasteiger partial charge in [-0.2, -0.15) is 0 Å². The second kappa shape index (κ2) is 7.63. The Hall–Kier alpha value is -2.13. The number of fused-ring (bicyclic) bond motifs is 3. The molecule has 0 bridgehead atoms. The van der Waals surface area contributed by atoms with Crippen LogP contribution in [0.3, 0.4) is 0 Å². The molecule has 2 aliphatic rings.